The topological polar surface area (TPSA) is 174 Å². The van der Waals surface area contributed by atoms with Gasteiger partial charge in [0.2, 0.25) is 11.6 Å². The third-order valence-electron chi connectivity index (χ3n) is 4.16. The van der Waals surface area contributed by atoms with Crippen LogP contribution in [-0.4, -0.2) is 42.3 Å². The van der Waals surface area contributed by atoms with E-state index in [9.17, 15) is 30.3 Å². The summed E-state index contributed by atoms with van der Waals surface area (Å²) < 4.78 is 10.2. The lowest BCUT2D eigenvalue weighted by Crippen LogP contribution is -2.23. The molecule has 2 heterocycles. The molecule has 12 nitrogen and oxygen atoms in total. The van der Waals surface area contributed by atoms with Gasteiger partial charge in [-0.05, 0) is 19.9 Å². The molecular formula is C16H14N4O8. The SMILES string of the molecule is COc1cc(-c2nc(-c3c(C)c(O)c(C)n(O)c3=O)no2)cc([N+](=O)[O-])c1O. The highest BCUT2D eigenvalue weighted by Gasteiger charge is 2.25. The first-order valence-corrected chi connectivity index (χ1v) is 7.71. The molecule has 0 atom stereocenters. The number of nitrogens with zero attached hydrogens (tertiary/aromatic N) is 4. The first-order chi connectivity index (χ1) is 13.2. The number of methoxy groups -OCH3 is 1. The van der Waals surface area contributed by atoms with Gasteiger partial charge in [-0.3, -0.25) is 14.9 Å². The molecule has 0 saturated carbocycles. The predicted octanol–water partition coefficient (Wildman–Crippen LogP) is 1.75. The van der Waals surface area contributed by atoms with Crippen LogP contribution >= 0.6 is 0 Å². The third kappa shape index (κ3) is 2.76. The average Bonchev–Trinajstić information content (AvgIpc) is 3.14. The van der Waals surface area contributed by atoms with Gasteiger partial charge >= 0.3 is 5.69 Å². The van der Waals surface area contributed by atoms with Gasteiger partial charge < -0.3 is 24.7 Å². The largest absolute Gasteiger partial charge is 0.506 e. The number of phenolic OH excluding ortho intramolecular Hbond substituents is 1. The molecule has 0 bridgehead atoms. The maximum Gasteiger partial charge on any atom is 0.315 e. The van der Waals surface area contributed by atoms with Gasteiger partial charge in [0, 0.05) is 11.6 Å². The first-order valence-electron chi connectivity index (χ1n) is 7.71. The van der Waals surface area contributed by atoms with E-state index in [1.54, 1.807) is 0 Å². The van der Waals surface area contributed by atoms with E-state index in [1.807, 2.05) is 0 Å². The number of benzene rings is 1. The quantitative estimate of drug-likeness (QED) is 0.338. The summed E-state index contributed by atoms with van der Waals surface area (Å²) in [5.41, 5.74) is -1.62. The van der Waals surface area contributed by atoms with Crippen molar-refractivity contribution in [1.29, 1.82) is 0 Å². The van der Waals surface area contributed by atoms with E-state index < -0.39 is 21.9 Å². The van der Waals surface area contributed by atoms with Gasteiger partial charge in [0.25, 0.3) is 11.4 Å². The van der Waals surface area contributed by atoms with E-state index in [-0.39, 0.29) is 50.3 Å². The molecule has 28 heavy (non-hydrogen) atoms. The molecule has 0 saturated heterocycles. The Kier molecular flexibility index (Phi) is 4.39. The number of nitro groups is 1. The molecule has 146 valence electrons. The molecular weight excluding hydrogens is 376 g/mol. The van der Waals surface area contributed by atoms with E-state index >= 15 is 0 Å². The Hall–Kier alpha value is -4.09. The zero-order valence-electron chi connectivity index (χ0n) is 14.8. The molecule has 0 fully saturated rings. The van der Waals surface area contributed by atoms with Gasteiger partial charge in [-0.1, -0.05) is 5.16 Å². The van der Waals surface area contributed by atoms with Crippen molar-refractivity contribution in [3.05, 3.63) is 43.9 Å². The number of aromatic hydroxyl groups is 2. The van der Waals surface area contributed by atoms with E-state index in [0.29, 0.717) is 0 Å². The summed E-state index contributed by atoms with van der Waals surface area (Å²) in [6.07, 6.45) is 0. The fraction of sp³-hybridized carbons (Fsp3) is 0.188. The minimum Gasteiger partial charge on any atom is -0.506 e. The molecule has 0 aliphatic rings. The van der Waals surface area contributed by atoms with Gasteiger partial charge in [-0.25, -0.2) is 0 Å². The summed E-state index contributed by atoms with van der Waals surface area (Å²) in [6.45, 7) is 2.78. The molecule has 1 aromatic carbocycles. The van der Waals surface area contributed by atoms with E-state index in [0.717, 1.165) is 6.07 Å². The summed E-state index contributed by atoms with van der Waals surface area (Å²) in [6, 6.07) is 2.24. The highest BCUT2D eigenvalue weighted by atomic mass is 16.6. The Morgan fingerprint density at radius 2 is 1.93 bits per heavy atom. The molecule has 0 spiro atoms. The first kappa shape index (κ1) is 18.7. The van der Waals surface area contributed by atoms with Crippen molar-refractivity contribution in [3.63, 3.8) is 0 Å². The van der Waals surface area contributed by atoms with Crippen LogP contribution in [0, 0.1) is 24.0 Å². The summed E-state index contributed by atoms with van der Waals surface area (Å²) in [5.74, 6) is -1.64. The number of nitro benzene ring substituents is 1. The molecule has 3 rings (SSSR count). The zero-order valence-corrected chi connectivity index (χ0v) is 14.8. The minimum atomic E-state index is -0.880. The predicted molar refractivity (Wildman–Crippen MR) is 92.6 cm³/mol. The van der Waals surface area contributed by atoms with Crippen LogP contribution in [0.5, 0.6) is 17.2 Å². The summed E-state index contributed by atoms with van der Waals surface area (Å²) >= 11 is 0. The molecule has 0 aliphatic carbocycles. The minimum absolute atomic E-state index is 0.0541. The second-order valence-corrected chi connectivity index (χ2v) is 5.78. The van der Waals surface area contributed by atoms with Gasteiger partial charge in [0.1, 0.15) is 5.75 Å². The van der Waals surface area contributed by atoms with Gasteiger partial charge in [0.05, 0.1) is 28.9 Å². The summed E-state index contributed by atoms with van der Waals surface area (Å²) in [5, 5.41) is 44.5. The monoisotopic (exact) mass is 390 g/mol. The maximum absolute atomic E-state index is 12.3. The standard InChI is InChI=1S/C16H14N4O8/c1-6-11(16(23)19(24)7(2)12(6)21)14-17-15(28-18-14)8-4-9(20(25)26)13(22)10(5-8)27-3/h4-5,21-22,24H,1-3H3. The van der Waals surface area contributed by atoms with Gasteiger partial charge in [0.15, 0.2) is 5.75 Å². The fourth-order valence-electron chi connectivity index (χ4n) is 2.63. The maximum atomic E-state index is 12.3. The molecule has 0 aliphatic heterocycles. The molecule has 2 aromatic heterocycles. The van der Waals surface area contributed by atoms with Crippen molar-refractivity contribution < 1.29 is 29.6 Å². The van der Waals surface area contributed by atoms with Crippen molar-refractivity contribution >= 4 is 5.69 Å². The Balaban J connectivity index is 2.19. The number of ether oxygens (including phenoxy) is 1. The Morgan fingerprint density at radius 1 is 1.25 bits per heavy atom. The van der Waals surface area contributed by atoms with Crippen LogP contribution in [0.4, 0.5) is 5.69 Å². The second-order valence-electron chi connectivity index (χ2n) is 5.78. The van der Waals surface area contributed by atoms with Crippen LogP contribution in [0.3, 0.4) is 0 Å². The van der Waals surface area contributed by atoms with Crippen LogP contribution in [0.25, 0.3) is 22.8 Å². The highest BCUT2D eigenvalue weighted by molar-refractivity contribution is 5.70. The zero-order chi connectivity index (χ0) is 20.7. The lowest BCUT2D eigenvalue weighted by Gasteiger charge is -2.09. The van der Waals surface area contributed by atoms with Crippen LogP contribution in [0.2, 0.25) is 0 Å². The summed E-state index contributed by atoms with van der Waals surface area (Å²) in [4.78, 5) is 26.7. The lowest BCUT2D eigenvalue weighted by molar-refractivity contribution is -0.385. The number of hydrogen-bond donors (Lipinski definition) is 3. The third-order valence-corrected chi connectivity index (χ3v) is 4.16. The normalized spacial score (nSPS) is 10.8. The molecule has 12 heteroatoms. The molecule has 3 N–H and O–H groups in total. The van der Waals surface area contributed by atoms with Crippen molar-refractivity contribution in [2.75, 3.05) is 7.11 Å². The van der Waals surface area contributed by atoms with Crippen molar-refractivity contribution in [1.82, 2.24) is 14.9 Å². The number of pyridine rings is 1. The number of phenols is 1. The lowest BCUT2D eigenvalue weighted by atomic mass is 10.1. The second kappa shape index (κ2) is 6.57. The number of aromatic nitrogens is 3. The molecule has 0 amide bonds. The molecule has 3 aromatic rings. The average molecular weight is 390 g/mol. The number of hydrogen-bond acceptors (Lipinski definition) is 10. The van der Waals surface area contributed by atoms with Gasteiger partial charge in [-0.2, -0.15) is 4.98 Å². The van der Waals surface area contributed by atoms with Crippen molar-refractivity contribution in [2.45, 2.75) is 13.8 Å². The highest BCUT2D eigenvalue weighted by Crippen LogP contribution is 2.40. The smallest absolute Gasteiger partial charge is 0.315 e. The Bertz CT molecular complexity index is 1160. The van der Waals surface area contributed by atoms with Gasteiger partial charge in [-0.15, -0.1) is 4.73 Å². The summed E-state index contributed by atoms with van der Waals surface area (Å²) in [7, 11) is 1.21. The van der Waals surface area contributed by atoms with E-state index in [4.69, 9.17) is 9.26 Å². The van der Waals surface area contributed by atoms with Crippen molar-refractivity contribution in [3.8, 4) is 40.1 Å². The molecule has 0 unspecified atom stereocenters. The Morgan fingerprint density at radius 3 is 2.54 bits per heavy atom. The van der Waals surface area contributed by atoms with E-state index in [2.05, 4.69) is 10.1 Å². The number of rotatable bonds is 4. The van der Waals surface area contributed by atoms with Crippen LogP contribution < -0.4 is 10.3 Å². The fourth-order valence-corrected chi connectivity index (χ4v) is 2.63. The van der Waals surface area contributed by atoms with Crippen LogP contribution in [0.1, 0.15) is 11.3 Å². The molecule has 0 radical (unpaired) electrons. The Labute approximate surface area is 156 Å². The van der Waals surface area contributed by atoms with Crippen LogP contribution in [0.15, 0.2) is 21.5 Å². The van der Waals surface area contributed by atoms with Crippen LogP contribution in [-0.2, 0) is 0 Å². The van der Waals surface area contributed by atoms with E-state index in [1.165, 1.54) is 27.0 Å². The van der Waals surface area contributed by atoms with Crippen molar-refractivity contribution in [2.24, 2.45) is 0 Å².